The number of nitrogens with one attached hydrogen (secondary N) is 1. The van der Waals surface area contributed by atoms with Gasteiger partial charge in [-0.3, -0.25) is 4.79 Å². The average Bonchev–Trinajstić information content (AvgIpc) is 3.42. The highest BCUT2D eigenvalue weighted by atomic mass is 32.2. The van der Waals surface area contributed by atoms with E-state index in [0.29, 0.717) is 31.1 Å². The van der Waals surface area contributed by atoms with E-state index in [-0.39, 0.29) is 16.6 Å². The van der Waals surface area contributed by atoms with Crippen LogP contribution in [-0.2, 0) is 14.8 Å². The maximum Gasteiger partial charge on any atom is 0.264 e. The number of sulfonamides is 1. The highest BCUT2D eigenvalue weighted by Crippen LogP contribution is 2.47. The lowest BCUT2D eigenvalue weighted by Gasteiger charge is -2.18. The SMILES string of the molecule is O=C(NS(=O)(=O)c1ccc2c(c1)OCCO2)[C@H]1C[C@H]1c1ccc(F)cc1. The molecule has 1 heterocycles. The number of hydrogen-bond acceptors (Lipinski definition) is 5. The van der Waals surface area contributed by atoms with Gasteiger partial charge in [0.1, 0.15) is 19.0 Å². The number of amides is 1. The molecule has 0 unspecified atom stereocenters. The van der Waals surface area contributed by atoms with Gasteiger partial charge in [-0.05, 0) is 42.2 Å². The van der Waals surface area contributed by atoms with Crippen molar-refractivity contribution in [2.75, 3.05) is 13.2 Å². The number of benzene rings is 2. The Hall–Kier alpha value is -2.61. The minimum atomic E-state index is -4.01. The number of rotatable bonds is 4. The van der Waals surface area contributed by atoms with Crippen LogP contribution in [0.5, 0.6) is 11.5 Å². The molecule has 2 aromatic carbocycles. The van der Waals surface area contributed by atoms with Crippen LogP contribution in [-0.4, -0.2) is 27.5 Å². The molecule has 0 radical (unpaired) electrons. The Bertz CT molecular complexity index is 958. The van der Waals surface area contributed by atoms with Crippen LogP contribution in [0.25, 0.3) is 0 Å². The van der Waals surface area contributed by atoms with E-state index in [1.165, 1.54) is 30.3 Å². The van der Waals surface area contributed by atoms with E-state index in [9.17, 15) is 17.6 Å². The molecule has 4 rings (SSSR count). The van der Waals surface area contributed by atoms with Gasteiger partial charge >= 0.3 is 0 Å². The standard InChI is InChI=1S/C18H16FNO5S/c19-12-3-1-11(2-4-12)14-10-15(14)18(21)20-26(22,23)13-5-6-16-17(9-13)25-8-7-24-16/h1-6,9,14-15H,7-8,10H2,(H,20,21)/t14-,15-/m0/s1. The fraction of sp³-hybridized carbons (Fsp3) is 0.278. The van der Waals surface area contributed by atoms with Gasteiger partial charge in [0, 0.05) is 12.0 Å². The van der Waals surface area contributed by atoms with Gasteiger partial charge in [0.2, 0.25) is 5.91 Å². The Balaban J connectivity index is 1.46. The summed E-state index contributed by atoms with van der Waals surface area (Å²) in [6.45, 7) is 0.743. The Morgan fingerprint density at radius 1 is 1.04 bits per heavy atom. The molecule has 1 fully saturated rings. The maximum absolute atomic E-state index is 13.0. The zero-order valence-electron chi connectivity index (χ0n) is 13.6. The van der Waals surface area contributed by atoms with Gasteiger partial charge in [0.25, 0.3) is 10.0 Å². The van der Waals surface area contributed by atoms with Crippen LogP contribution in [0.2, 0.25) is 0 Å². The first-order valence-corrected chi connectivity index (χ1v) is 9.64. The normalized spacial score (nSPS) is 21.1. The number of carbonyl (C=O) groups excluding carboxylic acids is 1. The summed E-state index contributed by atoms with van der Waals surface area (Å²) in [6.07, 6.45) is 0.536. The quantitative estimate of drug-likeness (QED) is 0.883. The van der Waals surface area contributed by atoms with Crippen molar-refractivity contribution in [3.05, 3.63) is 53.8 Å². The summed E-state index contributed by atoms with van der Waals surface area (Å²) >= 11 is 0. The van der Waals surface area contributed by atoms with E-state index in [4.69, 9.17) is 9.47 Å². The predicted octanol–water partition coefficient (Wildman–Crippen LogP) is 2.21. The molecule has 1 saturated carbocycles. The van der Waals surface area contributed by atoms with Crippen molar-refractivity contribution in [2.24, 2.45) is 5.92 Å². The summed E-state index contributed by atoms with van der Waals surface area (Å²) in [5, 5.41) is 0. The van der Waals surface area contributed by atoms with Crippen LogP contribution in [0.15, 0.2) is 47.4 Å². The second-order valence-electron chi connectivity index (χ2n) is 6.28. The molecular weight excluding hydrogens is 361 g/mol. The molecular formula is C18H16FNO5S. The molecule has 0 bridgehead atoms. The van der Waals surface area contributed by atoms with Crippen molar-refractivity contribution >= 4 is 15.9 Å². The third-order valence-corrected chi connectivity index (χ3v) is 5.83. The summed E-state index contributed by atoms with van der Waals surface area (Å²) in [4.78, 5) is 12.3. The van der Waals surface area contributed by atoms with Gasteiger partial charge in [0.15, 0.2) is 11.5 Å². The molecule has 1 N–H and O–H groups in total. The molecule has 2 aromatic rings. The third-order valence-electron chi connectivity index (χ3n) is 4.48. The topological polar surface area (TPSA) is 81.7 Å². The summed E-state index contributed by atoms with van der Waals surface area (Å²) in [7, 11) is -4.01. The Kier molecular flexibility index (Phi) is 4.07. The van der Waals surface area contributed by atoms with E-state index in [2.05, 4.69) is 4.72 Å². The summed E-state index contributed by atoms with van der Waals surface area (Å²) in [5.41, 5.74) is 0.822. The highest BCUT2D eigenvalue weighted by Gasteiger charge is 2.45. The largest absolute Gasteiger partial charge is 0.486 e. The second-order valence-corrected chi connectivity index (χ2v) is 7.96. The van der Waals surface area contributed by atoms with Crippen LogP contribution >= 0.6 is 0 Å². The lowest BCUT2D eigenvalue weighted by molar-refractivity contribution is -0.120. The van der Waals surface area contributed by atoms with Crippen molar-refractivity contribution in [3.63, 3.8) is 0 Å². The first kappa shape index (κ1) is 16.8. The zero-order chi connectivity index (χ0) is 18.3. The second kappa shape index (κ2) is 6.28. The van der Waals surface area contributed by atoms with E-state index >= 15 is 0 Å². The van der Waals surface area contributed by atoms with Gasteiger partial charge in [-0.15, -0.1) is 0 Å². The first-order chi connectivity index (χ1) is 12.4. The highest BCUT2D eigenvalue weighted by molar-refractivity contribution is 7.90. The summed E-state index contributed by atoms with van der Waals surface area (Å²) < 4.78 is 50.8. The molecule has 2 atom stereocenters. The van der Waals surface area contributed by atoms with Crippen LogP contribution in [0.3, 0.4) is 0 Å². The number of halogens is 1. The van der Waals surface area contributed by atoms with Gasteiger partial charge < -0.3 is 9.47 Å². The average molecular weight is 377 g/mol. The molecule has 8 heteroatoms. The summed E-state index contributed by atoms with van der Waals surface area (Å²) in [5.74, 6) is -0.633. The zero-order valence-corrected chi connectivity index (χ0v) is 14.5. The fourth-order valence-corrected chi connectivity index (χ4v) is 4.06. The van der Waals surface area contributed by atoms with Gasteiger partial charge in [-0.25, -0.2) is 17.5 Å². The molecule has 0 aromatic heterocycles. The van der Waals surface area contributed by atoms with Crippen LogP contribution in [0, 0.1) is 11.7 Å². The Morgan fingerprint density at radius 2 is 1.73 bits per heavy atom. The van der Waals surface area contributed by atoms with Crippen LogP contribution < -0.4 is 14.2 Å². The van der Waals surface area contributed by atoms with Gasteiger partial charge in [0.05, 0.1) is 4.90 Å². The van der Waals surface area contributed by atoms with E-state index in [1.54, 1.807) is 12.1 Å². The minimum Gasteiger partial charge on any atom is -0.486 e. The van der Waals surface area contributed by atoms with Crippen molar-refractivity contribution in [1.29, 1.82) is 0 Å². The van der Waals surface area contributed by atoms with Crippen LogP contribution in [0.4, 0.5) is 4.39 Å². The fourth-order valence-electron chi connectivity index (χ4n) is 3.02. The predicted molar refractivity (Wildman–Crippen MR) is 90.0 cm³/mol. The molecule has 136 valence electrons. The van der Waals surface area contributed by atoms with Crippen molar-refractivity contribution in [1.82, 2.24) is 4.72 Å². The van der Waals surface area contributed by atoms with Crippen LogP contribution in [0.1, 0.15) is 17.9 Å². The number of fused-ring (bicyclic) bond motifs is 1. The molecule has 1 aliphatic carbocycles. The van der Waals surface area contributed by atoms with Crippen molar-refractivity contribution in [3.8, 4) is 11.5 Å². The maximum atomic E-state index is 13.0. The van der Waals surface area contributed by atoms with Crippen molar-refractivity contribution < 1.29 is 27.1 Å². The van der Waals surface area contributed by atoms with Crippen molar-refractivity contribution in [2.45, 2.75) is 17.2 Å². The minimum absolute atomic E-state index is 0.0610. The van der Waals surface area contributed by atoms with E-state index < -0.39 is 21.8 Å². The monoisotopic (exact) mass is 377 g/mol. The lowest BCUT2D eigenvalue weighted by atomic mass is 10.1. The molecule has 0 spiro atoms. The molecule has 0 saturated heterocycles. The van der Waals surface area contributed by atoms with E-state index in [1.807, 2.05) is 0 Å². The molecule has 1 aliphatic heterocycles. The Labute approximate surface area is 150 Å². The molecule has 2 aliphatic rings. The van der Waals surface area contributed by atoms with E-state index in [0.717, 1.165) is 5.56 Å². The number of carbonyl (C=O) groups is 1. The molecule has 1 amide bonds. The first-order valence-electron chi connectivity index (χ1n) is 8.16. The molecule has 26 heavy (non-hydrogen) atoms. The molecule has 6 nitrogen and oxygen atoms in total. The number of ether oxygens (including phenoxy) is 2. The summed E-state index contributed by atoms with van der Waals surface area (Å²) in [6, 6.07) is 10.1. The van der Waals surface area contributed by atoms with Gasteiger partial charge in [-0.2, -0.15) is 0 Å². The number of hydrogen-bond donors (Lipinski definition) is 1. The third kappa shape index (κ3) is 3.24. The lowest BCUT2D eigenvalue weighted by Crippen LogP contribution is -2.32. The Morgan fingerprint density at radius 3 is 2.46 bits per heavy atom. The van der Waals surface area contributed by atoms with Gasteiger partial charge in [-0.1, -0.05) is 12.1 Å². The smallest absolute Gasteiger partial charge is 0.264 e.